The first-order valence-electron chi connectivity index (χ1n) is 6.66. The monoisotopic (exact) mass is 288 g/mol. The van der Waals surface area contributed by atoms with E-state index in [2.05, 4.69) is 0 Å². The van der Waals surface area contributed by atoms with Crippen LogP contribution in [0.4, 0.5) is 0 Å². The second-order valence-corrected chi connectivity index (χ2v) is 6.66. The van der Waals surface area contributed by atoms with Crippen LogP contribution in [0, 0.1) is 10.8 Å². The molecule has 0 unspecified atom stereocenters. The van der Waals surface area contributed by atoms with Crippen LogP contribution in [0.5, 0.6) is 0 Å². The summed E-state index contributed by atoms with van der Waals surface area (Å²) in [6.07, 6.45) is 4.64. The number of nitrogens with two attached hydrogens (primary N) is 1. The molecule has 1 amide bonds. The Labute approximate surface area is 118 Å². The molecule has 2 atom stereocenters. The highest BCUT2D eigenvalue weighted by atomic mass is 35.5. The van der Waals surface area contributed by atoms with E-state index in [4.69, 9.17) is 5.73 Å². The first-order valence-corrected chi connectivity index (χ1v) is 6.66. The third-order valence-electron chi connectivity index (χ3n) is 5.09. The molecule has 1 saturated heterocycles. The van der Waals surface area contributed by atoms with Gasteiger partial charge < -0.3 is 15.7 Å². The summed E-state index contributed by atoms with van der Waals surface area (Å²) in [6, 6.07) is -1.19. The van der Waals surface area contributed by atoms with Gasteiger partial charge in [0.2, 0.25) is 5.91 Å². The number of carboxylic acids is 1. The highest BCUT2D eigenvalue weighted by Crippen LogP contribution is 2.55. The minimum atomic E-state index is -0.889. The van der Waals surface area contributed by atoms with E-state index in [1.165, 1.54) is 4.90 Å². The minimum absolute atomic E-state index is 0. The van der Waals surface area contributed by atoms with E-state index in [-0.39, 0.29) is 29.1 Å². The summed E-state index contributed by atoms with van der Waals surface area (Å²) in [7, 11) is 0. The van der Waals surface area contributed by atoms with Gasteiger partial charge >= 0.3 is 5.97 Å². The normalized spacial score (nSPS) is 30.6. The maximum absolute atomic E-state index is 12.4. The van der Waals surface area contributed by atoms with Crippen molar-refractivity contribution in [1.82, 2.24) is 4.90 Å². The van der Waals surface area contributed by atoms with Crippen LogP contribution < -0.4 is 5.73 Å². The molecule has 0 aromatic rings. The molecule has 2 saturated carbocycles. The zero-order chi connectivity index (χ0) is 13.1. The van der Waals surface area contributed by atoms with E-state index in [1.807, 2.05) is 6.92 Å². The number of halogens is 1. The number of hydrogen-bond donors (Lipinski definition) is 2. The molecule has 1 spiro atoms. The van der Waals surface area contributed by atoms with Gasteiger partial charge in [0.05, 0.1) is 6.04 Å². The summed E-state index contributed by atoms with van der Waals surface area (Å²) in [5, 5.41) is 9.26. The van der Waals surface area contributed by atoms with Gasteiger partial charge in [-0.15, -0.1) is 12.4 Å². The lowest BCUT2D eigenvalue weighted by molar-refractivity contribution is -0.149. The summed E-state index contributed by atoms with van der Waals surface area (Å²) in [6.45, 7) is 2.60. The quantitative estimate of drug-likeness (QED) is 0.811. The maximum atomic E-state index is 12.4. The van der Waals surface area contributed by atoms with Crippen LogP contribution in [0.3, 0.4) is 0 Å². The Bertz CT molecular complexity index is 418. The Morgan fingerprint density at radius 3 is 2.32 bits per heavy atom. The zero-order valence-corrected chi connectivity index (χ0v) is 11.9. The molecule has 1 aliphatic heterocycles. The lowest BCUT2D eigenvalue weighted by Crippen LogP contribution is -2.51. The largest absolute Gasteiger partial charge is 0.480 e. The number of hydrogen-bond acceptors (Lipinski definition) is 3. The average Bonchev–Trinajstić information content (AvgIpc) is 3.18. The van der Waals surface area contributed by atoms with Gasteiger partial charge in [0.25, 0.3) is 0 Å². The molecule has 1 heterocycles. The van der Waals surface area contributed by atoms with E-state index in [1.54, 1.807) is 0 Å². The first kappa shape index (κ1) is 14.6. The second kappa shape index (κ2) is 4.35. The zero-order valence-electron chi connectivity index (χ0n) is 11.1. The summed E-state index contributed by atoms with van der Waals surface area (Å²) >= 11 is 0. The molecule has 3 N–H and O–H groups in total. The van der Waals surface area contributed by atoms with Crippen LogP contribution in [0.15, 0.2) is 0 Å². The lowest BCUT2D eigenvalue weighted by Gasteiger charge is -2.27. The Balaban J connectivity index is 0.00000133. The fourth-order valence-electron chi connectivity index (χ4n) is 3.03. The van der Waals surface area contributed by atoms with Crippen LogP contribution in [-0.4, -0.2) is 40.5 Å². The first-order chi connectivity index (χ1) is 8.37. The third-order valence-corrected chi connectivity index (χ3v) is 5.09. The lowest BCUT2D eigenvalue weighted by atomic mass is 9.98. The molecule has 0 bridgehead atoms. The van der Waals surface area contributed by atoms with Crippen LogP contribution in [0.25, 0.3) is 0 Å². The number of nitrogens with zero attached hydrogens (tertiary/aromatic N) is 1. The molecule has 19 heavy (non-hydrogen) atoms. The van der Waals surface area contributed by atoms with Gasteiger partial charge in [-0.3, -0.25) is 4.79 Å². The number of carbonyl (C=O) groups is 2. The third kappa shape index (κ3) is 2.34. The van der Waals surface area contributed by atoms with Gasteiger partial charge in [-0.05, 0) is 42.9 Å². The van der Waals surface area contributed by atoms with Gasteiger partial charge in [0, 0.05) is 6.54 Å². The fraction of sp³-hybridized carbons (Fsp3) is 0.846. The van der Waals surface area contributed by atoms with E-state index in [0.717, 1.165) is 25.7 Å². The van der Waals surface area contributed by atoms with E-state index in [0.29, 0.717) is 13.0 Å². The summed E-state index contributed by atoms with van der Waals surface area (Å²) in [4.78, 5) is 25.2. The molecule has 0 radical (unpaired) electrons. The van der Waals surface area contributed by atoms with Gasteiger partial charge in [-0.25, -0.2) is 4.79 Å². The van der Waals surface area contributed by atoms with E-state index < -0.39 is 18.1 Å². The number of aliphatic carboxylic acids is 1. The van der Waals surface area contributed by atoms with Crippen molar-refractivity contribution in [2.24, 2.45) is 16.6 Å². The molecule has 108 valence electrons. The van der Waals surface area contributed by atoms with Crippen LogP contribution in [0.1, 0.15) is 39.0 Å². The van der Waals surface area contributed by atoms with Crippen molar-refractivity contribution in [3.63, 3.8) is 0 Å². The number of likely N-dealkylation sites (tertiary alicyclic amines) is 1. The number of rotatable bonds is 3. The molecule has 2 aliphatic carbocycles. The smallest absolute Gasteiger partial charge is 0.326 e. The molecule has 6 heteroatoms. The van der Waals surface area contributed by atoms with Crippen molar-refractivity contribution in [3.05, 3.63) is 0 Å². The molecular weight excluding hydrogens is 268 g/mol. The maximum Gasteiger partial charge on any atom is 0.326 e. The predicted molar refractivity (Wildman–Crippen MR) is 72.0 cm³/mol. The predicted octanol–water partition coefficient (Wildman–Crippen LogP) is 1.00. The number of amides is 1. The average molecular weight is 289 g/mol. The van der Waals surface area contributed by atoms with E-state index in [9.17, 15) is 14.7 Å². The minimum Gasteiger partial charge on any atom is -0.480 e. The van der Waals surface area contributed by atoms with Crippen molar-refractivity contribution >= 4 is 24.3 Å². The van der Waals surface area contributed by atoms with Gasteiger partial charge in [-0.2, -0.15) is 0 Å². The molecule has 5 nitrogen and oxygen atoms in total. The number of carboxylic acid groups (broad SMARTS) is 1. The Kier molecular flexibility index (Phi) is 3.34. The summed E-state index contributed by atoms with van der Waals surface area (Å²) < 4.78 is 0. The Morgan fingerprint density at radius 1 is 1.32 bits per heavy atom. The molecule has 3 fully saturated rings. The van der Waals surface area contributed by atoms with Crippen molar-refractivity contribution in [1.29, 1.82) is 0 Å². The topological polar surface area (TPSA) is 83.6 Å². The highest BCUT2D eigenvalue weighted by molar-refractivity contribution is 5.88. The summed E-state index contributed by atoms with van der Waals surface area (Å²) in [5.41, 5.74) is 6.03. The van der Waals surface area contributed by atoms with Crippen molar-refractivity contribution in [3.8, 4) is 0 Å². The molecule has 0 aromatic heterocycles. The van der Waals surface area contributed by atoms with Crippen molar-refractivity contribution in [2.75, 3.05) is 6.54 Å². The van der Waals surface area contributed by atoms with Crippen molar-refractivity contribution < 1.29 is 14.7 Å². The van der Waals surface area contributed by atoms with Crippen LogP contribution >= 0.6 is 12.4 Å². The van der Waals surface area contributed by atoms with Crippen molar-refractivity contribution in [2.45, 2.75) is 51.1 Å². The van der Waals surface area contributed by atoms with Crippen LogP contribution in [-0.2, 0) is 9.59 Å². The molecule has 0 aromatic carbocycles. The Morgan fingerprint density at radius 2 is 1.89 bits per heavy atom. The summed E-state index contributed by atoms with van der Waals surface area (Å²) in [5.74, 6) is -1.05. The fourth-order valence-corrected chi connectivity index (χ4v) is 3.03. The molecule has 3 aliphatic rings. The van der Waals surface area contributed by atoms with Gasteiger partial charge in [0.15, 0.2) is 0 Å². The second-order valence-electron chi connectivity index (χ2n) is 6.66. The van der Waals surface area contributed by atoms with Gasteiger partial charge in [0.1, 0.15) is 6.04 Å². The van der Waals surface area contributed by atoms with E-state index >= 15 is 0 Å². The number of carbonyl (C=O) groups excluding carboxylic acids is 1. The van der Waals surface area contributed by atoms with Gasteiger partial charge in [-0.1, -0.05) is 6.92 Å². The highest BCUT2D eigenvalue weighted by Gasteiger charge is 2.57. The van der Waals surface area contributed by atoms with Crippen LogP contribution in [0.2, 0.25) is 0 Å². The molecular formula is C13H21ClN2O3. The molecule has 3 rings (SSSR count). The SMILES string of the molecule is CC1([C@H](N)C(=O)N2CC3(CC3)C[C@H]2C(=O)O)CC1.Cl. The Hall–Kier alpha value is -0.810. The standard InChI is InChI=1S/C13H20N2O3.ClH/c1-12(2-3-12)9(14)10(16)15-7-13(4-5-13)6-8(15)11(17)18;/h8-9H,2-7,14H2,1H3,(H,17,18);1H/t8-,9+;/m0./s1.